The van der Waals surface area contributed by atoms with Gasteiger partial charge >= 0.3 is 0 Å². The molecule has 2 heterocycles. The van der Waals surface area contributed by atoms with E-state index in [1.165, 1.54) is 22.1 Å². The minimum atomic E-state index is -0.172. The van der Waals surface area contributed by atoms with Crippen molar-refractivity contribution < 1.29 is 4.79 Å². The molecule has 0 bridgehead atoms. The van der Waals surface area contributed by atoms with E-state index in [9.17, 15) is 4.79 Å². The minimum Gasteiger partial charge on any atom is -0.349 e. The van der Waals surface area contributed by atoms with Gasteiger partial charge in [0.05, 0.1) is 17.1 Å². The van der Waals surface area contributed by atoms with Crippen molar-refractivity contribution in [2.75, 3.05) is 20.1 Å². The number of carbonyl (C=O) groups is 1. The average Bonchev–Trinajstić information content (AvgIpc) is 2.90. The largest absolute Gasteiger partial charge is 0.349 e. The van der Waals surface area contributed by atoms with Gasteiger partial charge in [0.25, 0.3) is 0 Å². The van der Waals surface area contributed by atoms with E-state index in [4.69, 9.17) is 6.42 Å². The zero-order valence-corrected chi connectivity index (χ0v) is 15.0. The number of fused-ring (bicyclic) bond motifs is 2. The first-order valence-electron chi connectivity index (χ1n) is 8.02. The van der Waals surface area contributed by atoms with Crippen molar-refractivity contribution in [3.63, 3.8) is 0 Å². The predicted octanol–water partition coefficient (Wildman–Crippen LogP) is 2.55. The second-order valence-electron chi connectivity index (χ2n) is 6.46. The van der Waals surface area contributed by atoms with E-state index in [0.29, 0.717) is 12.6 Å². The van der Waals surface area contributed by atoms with Crippen LogP contribution in [0, 0.1) is 18.3 Å². The summed E-state index contributed by atoms with van der Waals surface area (Å²) in [5.41, 5.74) is 4.93. The summed E-state index contributed by atoms with van der Waals surface area (Å²) in [6, 6.07) is 6.61. The molecule has 2 unspecified atom stereocenters. The highest BCUT2D eigenvalue weighted by Gasteiger charge is 2.36. The first-order chi connectivity index (χ1) is 11.6. The van der Waals surface area contributed by atoms with Gasteiger partial charge in [0.2, 0.25) is 5.91 Å². The molecule has 2 N–H and O–H groups in total. The van der Waals surface area contributed by atoms with Crippen molar-refractivity contribution in [1.29, 1.82) is 0 Å². The van der Waals surface area contributed by atoms with Gasteiger partial charge in [-0.2, -0.15) is 0 Å². The topological polar surface area (TPSA) is 48.1 Å². The van der Waals surface area contributed by atoms with Crippen LogP contribution in [0.15, 0.2) is 28.9 Å². The number of amides is 1. The summed E-state index contributed by atoms with van der Waals surface area (Å²) in [7, 11) is 2.09. The first-order valence-corrected chi connectivity index (χ1v) is 8.82. The van der Waals surface area contributed by atoms with E-state index in [1.54, 1.807) is 0 Å². The van der Waals surface area contributed by atoms with Crippen LogP contribution in [0.4, 0.5) is 0 Å². The number of nitrogens with one attached hydrogen (secondary N) is 2. The van der Waals surface area contributed by atoms with Gasteiger partial charge in [-0.15, -0.1) is 6.42 Å². The Labute approximate surface area is 149 Å². The summed E-state index contributed by atoms with van der Waals surface area (Å²) < 4.78 is 1.06. The van der Waals surface area contributed by atoms with Crippen LogP contribution in [0.1, 0.15) is 11.1 Å². The lowest BCUT2D eigenvalue weighted by Crippen LogP contribution is -2.46. The fourth-order valence-corrected chi connectivity index (χ4v) is 4.50. The third-order valence-electron chi connectivity index (χ3n) is 5.04. The number of hydrogen-bond donors (Lipinski definition) is 2. The molecule has 0 fully saturated rings. The lowest BCUT2D eigenvalue weighted by Gasteiger charge is -2.39. The summed E-state index contributed by atoms with van der Waals surface area (Å²) in [5.74, 6) is 2.29. The van der Waals surface area contributed by atoms with Gasteiger partial charge in [-0.25, -0.2) is 0 Å². The van der Waals surface area contributed by atoms with Gasteiger partial charge < -0.3 is 10.3 Å². The highest BCUT2D eigenvalue weighted by molar-refractivity contribution is 9.10. The van der Waals surface area contributed by atoms with Gasteiger partial charge in [0.15, 0.2) is 0 Å². The average molecular weight is 384 g/mol. The number of carbonyl (C=O) groups excluding carboxylic acids is 1. The van der Waals surface area contributed by atoms with E-state index in [0.717, 1.165) is 16.5 Å². The Balaban J connectivity index is 1.82. The Morgan fingerprint density at radius 2 is 2.38 bits per heavy atom. The molecule has 0 saturated carbocycles. The van der Waals surface area contributed by atoms with Crippen molar-refractivity contribution in [2.24, 2.45) is 5.92 Å². The molecule has 4 nitrogen and oxygen atoms in total. The van der Waals surface area contributed by atoms with Crippen LogP contribution in [-0.4, -0.2) is 42.0 Å². The summed E-state index contributed by atoms with van der Waals surface area (Å²) in [5, 5.41) is 4.07. The Hall–Kier alpha value is -2.03. The number of aromatic nitrogens is 1. The molecule has 1 aliphatic carbocycles. The molecule has 2 atom stereocenters. The normalized spacial score (nSPS) is 22.6. The molecule has 122 valence electrons. The molecule has 0 saturated heterocycles. The highest BCUT2D eigenvalue weighted by Crippen LogP contribution is 2.43. The van der Waals surface area contributed by atoms with Crippen molar-refractivity contribution >= 4 is 38.3 Å². The van der Waals surface area contributed by atoms with Crippen molar-refractivity contribution in [1.82, 2.24) is 15.2 Å². The van der Waals surface area contributed by atoms with Crippen molar-refractivity contribution in [2.45, 2.75) is 12.5 Å². The van der Waals surface area contributed by atoms with Gasteiger partial charge in [-0.05, 0) is 52.2 Å². The Morgan fingerprint density at radius 3 is 3.17 bits per heavy atom. The molecule has 2 aliphatic rings. The second-order valence-corrected chi connectivity index (χ2v) is 7.25. The van der Waals surface area contributed by atoms with Crippen LogP contribution >= 0.6 is 15.9 Å². The molecule has 1 aromatic carbocycles. The van der Waals surface area contributed by atoms with Crippen LogP contribution in [0.5, 0.6) is 0 Å². The van der Waals surface area contributed by atoms with Gasteiger partial charge in [-0.1, -0.05) is 24.1 Å². The maximum Gasteiger partial charge on any atom is 0.228 e. The molecule has 1 amide bonds. The van der Waals surface area contributed by atoms with Crippen LogP contribution in [0.2, 0.25) is 0 Å². The number of terminal acetylenes is 1. The molecule has 4 rings (SSSR count). The fourth-order valence-electron chi connectivity index (χ4n) is 3.93. The van der Waals surface area contributed by atoms with E-state index >= 15 is 0 Å². The number of rotatable bonds is 2. The Bertz CT molecular complexity index is 905. The number of likely N-dealkylation sites (N-methyl/N-ethyl adjacent to an activating group) is 1. The zero-order chi connectivity index (χ0) is 16.8. The maximum atomic E-state index is 12.4. The summed E-state index contributed by atoms with van der Waals surface area (Å²) >= 11 is 3.66. The lowest BCUT2D eigenvalue weighted by atomic mass is 9.80. The van der Waals surface area contributed by atoms with E-state index in [1.807, 2.05) is 0 Å². The molecule has 0 spiro atoms. The van der Waals surface area contributed by atoms with E-state index in [2.05, 4.69) is 68.4 Å². The van der Waals surface area contributed by atoms with Crippen LogP contribution in [0.3, 0.4) is 0 Å². The summed E-state index contributed by atoms with van der Waals surface area (Å²) in [6.45, 7) is 0.980. The quantitative estimate of drug-likeness (QED) is 0.782. The van der Waals surface area contributed by atoms with Gasteiger partial charge in [0, 0.05) is 23.5 Å². The number of halogens is 1. The van der Waals surface area contributed by atoms with Gasteiger partial charge in [-0.3, -0.25) is 9.69 Å². The maximum absolute atomic E-state index is 12.4. The Morgan fingerprint density at radius 1 is 1.54 bits per heavy atom. The third-order valence-corrected chi connectivity index (χ3v) is 5.72. The van der Waals surface area contributed by atoms with Crippen molar-refractivity contribution in [3.8, 4) is 12.3 Å². The first kappa shape index (κ1) is 15.5. The Kier molecular flexibility index (Phi) is 3.75. The summed E-state index contributed by atoms with van der Waals surface area (Å²) in [4.78, 5) is 18.1. The fraction of sp³-hybridized carbons (Fsp3) is 0.316. The number of benzene rings is 1. The predicted molar refractivity (Wildman–Crippen MR) is 99.4 cm³/mol. The number of hydrogen-bond acceptors (Lipinski definition) is 2. The highest BCUT2D eigenvalue weighted by atomic mass is 79.9. The molecular formula is C19H18BrN3O. The molecular weight excluding hydrogens is 366 g/mol. The standard InChI is InChI=1S/C19H18BrN3O/c1-3-7-21-19(24)11-8-13-12-5-4-6-15-17(12)14(18(20)22-15)9-16(13)23(2)10-11/h1,4-6,8,11,16,22H,7,9-10H2,2H3,(H,21,24). The molecule has 1 aromatic heterocycles. The number of nitrogens with zero attached hydrogens (tertiary/aromatic N) is 1. The third kappa shape index (κ3) is 2.29. The lowest BCUT2D eigenvalue weighted by molar-refractivity contribution is -0.124. The molecule has 2 aromatic rings. The van der Waals surface area contributed by atoms with E-state index in [-0.39, 0.29) is 18.4 Å². The molecule has 0 radical (unpaired) electrons. The van der Waals surface area contributed by atoms with E-state index < -0.39 is 0 Å². The number of H-pyrrole nitrogens is 1. The zero-order valence-electron chi connectivity index (χ0n) is 13.4. The van der Waals surface area contributed by atoms with Crippen molar-refractivity contribution in [3.05, 3.63) is 40.0 Å². The van der Waals surface area contributed by atoms with Crippen LogP contribution < -0.4 is 5.32 Å². The van der Waals surface area contributed by atoms with Gasteiger partial charge in [0.1, 0.15) is 0 Å². The number of aromatic amines is 1. The van der Waals surface area contributed by atoms with Crippen LogP contribution in [-0.2, 0) is 11.2 Å². The SMILES string of the molecule is C#CCNC(=O)C1C=C2c3cccc4[nH]c(Br)c(c34)CC2N(C)C1. The minimum absolute atomic E-state index is 0.000953. The molecule has 5 heteroatoms. The molecule has 24 heavy (non-hydrogen) atoms. The van der Waals surface area contributed by atoms with Crippen LogP contribution in [0.25, 0.3) is 16.5 Å². The molecule has 1 aliphatic heterocycles. The smallest absolute Gasteiger partial charge is 0.228 e. The second kappa shape index (κ2) is 5.80. The summed E-state index contributed by atoms with van der Waals surface area (Å²) in [6.07, 6.45) is 8.33. The monoisotopic (exact) mass is 383 g/mol.